The zero-order valence-electron chi connectivity index (χ0n) is 11.6. The number of carbonyl (C=O) groups is 1. The minimum absolute atomic E-state index is 0.147. The number of hydrogen-bond acceptors (Lipinski definition) is 4. The molecule has 23 heavy (non-hydrogen) atoms. The van der Waals surface area contributed by atoms with Crippen LogP contribution in [0, 0.1) is 10.7 Å². The number of rotatable bonds is 4. The van der Waals surface area contributed by atoms with Gasteiger partial charge in [0, 0.05) is 5.56 Å². The Balaban J connectivity index is 2.66. The fourth-order valence-electron chi connectivity index (χ4n) is 2.12. The van der Waals surface area contributed by atoms with Crippen molar-refractivity contribution in [1.82, 2.24) is 0 Å². The summed E-state index contributed by atoms with van der Waals surface area (Å²) in [6, 6.07) is 5.81. The Kier molecular flexibility index (Phi) is 6.35. The fraction of sp³-hybridized carbons (Fsp3) is 0.133. The molecule has 0 fully saturated rings. The lowest BCUT2D eigenvalue weighted by molar-refractivity contribution is -0.138. The minimum Gasteiger partial charge on any atom is -0.507 e. The normalized spacial score (nSPS) is 12.2. The molecule has 122 valence electrons. The molecule has 1 atom stereocenters. The Morgan fingerprint density at radius 1 is 1.13 bits per heavy atom. The van der Waals surface area contributed by atoms with Crippen LogP contribution in [0.5, 0.6) is 11.5 Å². The molecule has 0 unspecified atom stereocenters. The first-order valence-corrected chi connectivity index (χ1v) is 9.63. The van der Waals surface area contributed by atoms with Crippen molar-refractivity contribution in [2.45, 2.75) is 12.5 Å². The highest BCUT2D eigenvalue weighted by Crippen LogP contribution is 2.39. The van der Waals surface area contributed by atoms with Gasteiger partial charge in [-0.3, -0.25) is 4.79 Å². The summed E-state index contributed by atoms with van der Waals surface area (Å²) >= 11 is 6.06. The van der Waals surface area contributed by atoms with E-state index >= 15 is 0 Å². The summed E-state index contributed by atoms with van der Waals surface area (Å²) in [6.45, 7) is 0. The summed E-state index contributed by atoms with van der Waals surface area (Å²) < 4.78 is 1.93. The lowest BCUT2D eigenvalue weighted by Gasteiger charge is -2.17. The number of carboxylic acids is 1. The molecule has 0 spiro atoms. The molecule has 0 bridgehead atoms. The van der Waals surface area contributed by atoms with Gasteiger partial charge in [-0.25, -0.2) is 0 Å². The van der Waals surface area contributed by atoms with E-state index in [2.05, 4.69) is 0 Å². The van der Waals surface area contributed by atoms with E-state index < -0.39 is 12.0 Å². The van der Waals surface area contributed by atoms with Crippen LogP contribution in [0.1, 0.15) is 5.56 Å². The highest BCUT2D eigenvalue weighted by atomic mass is 127. The Bertz CT molecular complexity index is 780. The number of halogens is 3. The second-order valence-electron chi connectivity index (χ2n) is 4.87. The van der Waals surface area contributed by atoms with Crippen LogP contribution in [0.15, 0.2) is 24.3 Å². The maximum atomic E-state index is 11.1. The highest BCUT2D eigenvalue weighted by Gasteiger charge is 2.21. The van der Waals surface area contributed by atoms with Crippen LogP contribution < -0.4 is 5.73 Å². The molecule has 0 saturated heterocycles. The van der Waals surface area contributed by atoms with Crippen LogP contribution in [-0.4, -0.2) is 27.3 Å². The van der Waals surface area contributed by atoms with Gasteiger partial charge in [-0.15, -0.1) is 0 Å². The van der Waals surface area contributed by atoms with Gasteiger partial charge in [0.15, 0.2) is 0 Å². The van der Waals surface area contributed by atoms with Crippen molar-refractivity contribution < 1.29 is 20.1 Å². The SMILES string of the molecule is N[C@@H](Cc1cc(I)c(O)c(I)c1-c1ccc(O)c(I)c1)C(=O)O. The quantitative estimate of drug-likeness (QED) is 0.380. The molecular weight excluding hydrogens is 639 g/mol. The smallest absolute Gasteiger partial charge is 0.320 e. The second kappa shape index (κ2) is 7.70. The number of carboxylic acid groups (broad SMARTS) is 1. The van der Waals surface area contributed by atoms with Crippen LogP contribution in [-0.2, 0) is 11.2 Å². The van der Waals surface area contributed by atoms with Gasteiger partial charge in [-0.05, 0) is 104 Å². The zero-order valence-corrected chi connectivity index (χ0v) is 18.0. The van der Waals surface area contributed by atoms with Gasteiger partial charge < -0.3 is 21.1 Å². The average molecular weight is 651 g/mol. The van der Waals surface area contributed by atoms with E-state index in [0.29, 0.717) is 10.7 Å². The number of benzene rings is 2. The van der Waals surface area contributed by atoms with E-state index in [1.54, 1.807) is 24.3 Å². The van der Waals surface area contributed by atoms with Crippen LogP contribution in [0.3, 0.4) is 0 Å². The largest absolute Gasteiger partial charge is 0.507 e. The van der Waals surface area contributed by atoms with Crippen molar-refractivity contribution in [3.63, 3.8) is 0 Å². The third-order valence-electron chi connectivity index (χ3n) is 3.27. The molecule has 0 aliphatic carbocycles. The van der Waals surface area contributed by atoms with Crippen molar-refractivity contribution in [3.05, 3.63) is 40.5 Å². The predicted molar refractivity (Wildman–Crippen MR) is 113 cm³/mol. The molecule has 0 radical (unpaired) electrons. The van der Waals surface area contributed by atoms with Gasteiger partial charge in [-0.1, -0.05) is 6.07 Å². The summed E-state index contributed by atoms with van der Waals surface area (Å²) in [5, 5.41) is 29.0. The van der Waals surface area contributed by atoms with E-state index in [1.165, 1.54) is 0 Å². The maximum Gasteiger partial charge on any atom is 0.320 e. The van der Waals surface area contributed by atoms with Crippen LogP contribution >= 0.6 is 67.8 Å². The van der Waals surface area contributed by atoms with E-state index in [1.807, 2.05) is 67.8 Å². The fourth-order valence-corrected chi connectivity index (χ4v) is 4.74. The van der Waals surface area contributed by atoms with E-state index in [-0.39, 0.29) is 17.9 Å². The Morgan fingerprint density at radius 3 is 2.35 bits per heavy atom. The molecule has 2 aromatic carbocycles. The first-order chi connectivity index (χ1) is 10.7. The second-order valence-corrected chi connectivity index (χ2v) is 8.27. The van der Waals surface area contributed by atoms with Crippen LogP contribution in [0.25, 0.3) is 11.1 Å². The van der Waals surface area contributed by atoms with Crippen molar-refractivity contribution >= 4 is 73.7 Å². The summed E-state index contributed by atoms with van der Waals surface area (Å²) in [6.07, 6.45) is 0.147. The number of phenols is 2. The number of aliphatic carboxylic acids is 1. The lowest BCUT2D eigenvalue weighted by Crippen LogP contribution is -2.32. The van der Waals surface area contributed by atoms with E-state index in [9.17, 15) is 15.0 Å². The summed E-state index contributed by atoms with van der Waals surface area (Å²) in [4.78, 5) is 11.1. The van der Waals surface area contributed by atoms with E-state index in [4.69, 9.17) is 10.8 Å². The molecule has 0 heterocycles. The molecule has 0 saturated carbocycles. The van der Waals surface area contributed by atoms with Gasteiger partial charge >= 0.3 is 5.97 Å². The highest BCUT2D eigenvalue weighted by molar-refractivity contribution is 14.1. The molecule has 2 aromatic rings. The zero-order chi connectivity index (χ0) is 17.3. The topological polar surface area (TPSA) is 104 Å². The van der Waals surface area contributed by atoms with Gasteiger partial charge in [-0.2, -0.15) is 0 Å². The van der Waals surface area contributed by atoms with Crippen LogP contribution in [0.4, 0.5) is 0 Å². The molecule has 2 rings (SSSR count). The summed E-state index contributed by atoms with van der Waals surface area (Å²) in [5.41, 5.74) is 7.95. The summed E-state index contributed by atoms with van der Waals surface area (Å²) in [7, 11) is 0. The Hall–Kier alpha value is -0.340. The molecule has 8 heteroatoms. The van der Waals surface area contributed by atoms with Gasteiger partial charge in [0.05, 0.1) is 10.7 Å². The lowest BCUT2D eigenvalue weighted by atomic mass is 9.95. The molecule has 5 nitrogen and oxygen atoms in total. The monoisotopic (exact) mass is 651 g/mol. The third kappa shape index (κ3) is 4.20. The number of aromatic hydroxyl groups is 2. The minimum atomic E-state index is -1.07. The van der Waals surface area contributed by atoms with Gasteiger partial charge in [0.1, 0.15) is 17.5 Å². The standard InChI is InChI=1S/C15H12I3NO4/c16-8-3-6(1-2-11(8)20)12-7(5-10(19)15(22)23)4-9(17)14(21)13(12)18/h1-4,10,20-21H,5,19H2,(H,22,23)/t10-/m0/s1. The van der Waals surface area contributed by atoms with Gasteiger partial charge in [0.2, 0.25) is 0 Å². The Morgan fingerprint density at radius 2 is 1.78 bits per heavy atom. The van der Waals surface area contributed by atoms with Crippen LogP contribution in [0.2, 0.25) is 0 Å². The number of phenolic OH excluding ortho intramolecular Hbond substituents is 2. The van der Waals surface area contributed by atoms with Crippen molar-refractivity contribution in [2.75, 3.05) is 0 Å². The number of nitrogens with two attached hydrogens (primary N) is 1. The molecule has 0 aliphatic heterocycles. The maximum absolute atomic E-state index is 11.1. The van der Waals surface area contributed by atoms with Crippen molar-refractivity contribution in [3.8, 4) is 22.6 Å². The molecule has 0 amide bonds. The number of hydrogen-bond donors (Lipinski definition) is 4. The summed E-state index contributed by atoms with van der Waals surface area (Å²) in [5.74, 6) is -0.755. The average Bonchev–Trinajstić information content (AvgIpc) is 2.48. The molecule has 5 N–H and O–H groups in total. The predicted octanol–water partition coefficient (Wildman–Crippen LogP) is 3.53. The van der Waals surface area contributed by atoms with E-state index in [0.717, 1.165) is 16.7 Å². The van der Waals surface area contributed by atoms with Crippen molar-refractivity contribution in [1.29, 1.82) is 0 Å². The molecule has 0 aromatic heterocycles. The third-order valence-corrected chi connectivity index (χ3v) is 6.01. The first kappa shape index (κ1) is 19.0. The Labute approximate surface area is 173 Å². The first-order valence-electron chi connectivity index (χ1n) is 6.39. The van der Waals surface area contributed by atoms with Crippen molar-refractivity contribution in [2.24, 2.45) is 5.73 Å². The molecule has 0 aliphatic rings. The molecular formula is C15H12I3NO4. The van der Waals surface area contributed by atoms with Gasteiger partial charge in [0.25, 0.3) is 0 Å².